The van der Waals surface area contributed by atoms with Gasteiger partial charge in [0, 0.05) is 25.6 Å². The van der Waals surface area contributed by atoms with Crippen LogP contribution in [0.3, 0.4) is 0 Å². The van der Waals surface area contributed by atoms with Gasteiger partial charge in [-0.15, -0.1) is 0 Å². The molecule has 3 aliphatic rings. The molecule has 1 aromatic rings. The molecule has 0 spiro atoms. The Kier molecular flexibility index (Phi) is 6.50. The molecule has 0 saturated carbocycles. The van der Waals surface area contributed by atoms with Crippen molar-refractivity contribution in [3.05, 3.63) is 34.0 Å². The number of likely N-dealkylation sites (tertiary alicyclic amines) is 1. The van der Waals surface area contributed by atoms with Crippen LogP contribution in [-0.2, 0) is 20.9 Å². The molecule has 0 unspecified atom stereocenters. The summed E-state index contributed by atoms with van der Waals surface area (Å²) in [6, 6.07) is 2.46. The number of rotatable bonds is 7. The number of halogens is 1. The van der Waals surface area contributed by atoms with E-state index in [9.17, 15) is 34.8 Å². The number of carbonyl (C=O) groups excluding carboxylic acids is 2. The minimum Gasteiger partial charge on any atom is -0.504 e. The van der Waals surface area contributed by atoms with Crippen molar-refractivity contribution in [2.45, 2.75) is 39.0 Å². The first-order chi connectivity index (χ1) is 16.0. The highest BCUT2D eigenvalue weighted by Gasteiger charge is 2.59. The van der Waals surface area contributed by atoms with Gasteiger partial charge in [0.15, 0.2) is 11.5 Å². The topological polar surface area (TPSA) is 151 Å². The molecular weight excluding hydrogens is 466 g/mol. The molecule has 0 aliphatic carbocycles. The summed E-state index contributed by atoms with van der Waals surface area (Å²) < 4.78 is 0. The summed E-state index contributed by atoms with van der Waals surface area (Å²) in [4.78, 5) is 40.5. The standard InChI is InChI=1S/C23H28ClN3O7/c1-10-14(19(23(33)34)27-18(10)16(11(2)28)22(27)32)9-26-6-5-13(8-26)21(31)25-7-12-3-4-15(29)20(30)17(12)24/h3-4,10-11,13,16,18,28-30H,5-9H2,1-2H3,(H,25,31)(H,33,34)/t10-,11+,13-,16+,18+/m0/s1. The van der Waals surface area contributed by atoms with E-state index in [0.717, 1.165) is 0 Å². The number of fused-ring (bicyclic) bond motifs is 1. The number of aliphatic hydroxyl groups is 1. The molecule has 2 fully saturated rings. The molecule has 2 amide bonds. The molecule has 5 atom stereocenters. The number of hydrogen-bond acceptors (Lipinski definition) is 7. The predicted octanol–water partition coefficient (Wildman–Crippen LogP) is 0.886. The summed E-state index contributed by atoms with van der Waals surface area (Å²) >= 11 is 6.02. The largest absolute Gasteiger partial charge is 0.504 e. The van der Waals surface area contributed by atoms with Gasteiger partial charge in [0.25, 0.3) is 0 Å². The molecule has 10 nitrogen and oxygen atoms in total. The van der Waals surface area contributed by atoms with Crippen LogP contribution in [0.4, 0.5) is 0 Å². The van der Waals surface area contributed by atoms with E-state index in [1.54, 1.807) is 6.92 Å². The second kappa shape index (κ2) is 9.09. The summed E-state index contributed by atoms with van der Waals surface area (Å²) in [5.74, 6) is -3.61. The summed E-state index contributed by atoms with van der Waals surface area (Å²) in [7, 11) is 0. The number of phenols is 2. The Morgan fingerprint density at radius 1 is 1.29 bits per heavy atom. The maximum atomic E-state index is 12.7. The van der Waals surface area contributed by atoms with Gasteiger partial charge in [-0.3, -0.25) is 14.5 Å². The van der Waals surface area contributed by atoms with Gasteiger partial charge in [-0.2, -0.15) is 0 Å². The third-order valence-corrected chi connectivity index (χ3v) is 7.60. The zero-order valence-electron chi connectivity index (χ0n) is 18.9. The fraction of sp³-hybridized carbons (Fsp3) is 0.522. The number of benzene rings is 1. The van der Waals surface area contributed by atoms with E-state index in [4.69, 9.17) is 11.6 Å². The van der Waals surface area contributed by atoms with Crippen molar-refractivity contribution < 1.29 is 34.8 Å². The Morgan fingerprint density at radius 2 is 2.00 bits per heavy atom. The van der Waals surface area contributed by atoms with E-state index in [1.165, 1.54) is 17.0 Å². The molecule has 5 N–H and O–H groups in total. The molecule has 0 aromatic heterocycles. The number of carboxylic acid groups (broad SMARTS) is 1. The maximum absolute atomic E-state index is 12.7. The number of aromatic hydroxyl groups is 2. The quantitative estimate of drug-likeness (QED) is 0.277. The molecule has 34 heavy (non-hydrogen) atoms. The first-order valence-electron chi connectivity index (χ1n) is 11.2. The normalized spacial score (nSPS) is 27.5. The average molecular weight is 494 g/mol. The molecule has 184 valence electrons. The van der Waals surface area contributed by atoms with Crippen LogP contribution in [0.15, 0.2) is 23.4 Å². The lowest BCUT2D eigenvalue weighted by atomic mass is 9.77. The van der Waals surface area contributed by atoms with E-state index >= 15 is 0 Å². The Hall–Kier alpha value is -2.82. The van der Waals surface area contributed by atoms with Crippen molar-refractivity contribution >= 4 is 29.4 Å². The first-order valence-corrected chi connectivity index (χ1v) is 11.6. The zero-order valence-corrected chi connectivity index (χ0v) is 19.6. The molecule has 0 radical (unpaired) electrons. The van der Waals surface area contributed by atoms with Gasteiger partial charge >= 0.3 is 5.97 Å². The fourth-order valence-corrected chi connectivity index (χ4v) is 5.57. The number of aliphatic hydroxyl groups excluding tert-OH is 1. The van der Waals surface area contributed by atoms with E-state index in [1.807, 2.05) is 11.8 Å². The molecule has 1 aromatic carbocycles. The summed E-state index contributed by atoms with van der Waals surface area (Å²) in [5.41, 5.74) is 1.11. The number of β-lactam (4-membered cyclic amide) rings is 1. The summed E-state index contributed by atoms with van der Waals surface area (Å²) in [6.45, 7) is 4.87. The highest BCUT2D eigenvalue weighted by molar-refractivity contribution is 6.33. The summed E-state index contributed by atoms with van der Waals surface area (Å²) in [5, 5.41) is 41.7. The molecule has 0 bridgehead atoms. The van der Waals surface area contributed by atoms with E-state index in [0.29, 0.717) is 37.2 Å². The van der Waals surface area contributed by atoms with Crippen LogP contribution in [0.25, 0.3) is 0 Å². The van der Waals surface area contributed by atoms with Crippen LogP contribution in [0.1, 0.15) is 25.8 Å². The first kappa shape index (κ1) is 24.3. The fourth-order valence-electron chi connectivity index (χ4n) is 5.34. The van der Waals surface area contributed by atoms with Crippen LogP contribution < -0.4 is 5.32 Å². The van der Waals surface area contributed by atoms with Gasteiger partial charge in [-0.25, -0.2) is 4.79 Å². The number of nitrogens with one attached hydrogen (secondary N) is 1. The van der Waals surface area contributed by atoms with E-state index in [2.05, 4.69) is 5.32 Å². The number of aliphatic carboxylic acids is 1. The van der Waals surface area contributed by atoms with Crippen LogP contribution in [-0.4, -0.2) is 79.8 Å². The van der Waals surface area contributed by atoms with Gasteiger partial charge in [0.2, 0.25) is 11.8 Å². The zero-order chi connectivity index (χ0) is 24.9. The Morgan fingerprint density at radius 3 is 2.65 bits per heavy atom. The van der Waals surface area contributed by atoms with Crippen molar-refractivity contribution in [3.8, 4) is 11.5 Å². The molecule has 11 heteroatoms. The van der Waals surface area contributed by atoms with Crippen molar-refractivity contribution in [1.29, 1.82) is 0 Å². The highest BCUT2D eigenvalue weighted by Crippen LogP contribution is 2.47. The third kappa shape index (κ3) is 3.99. The van der Waals surface area contributed by atoms with Crippen LogP contribution >= 0.6 is 11.6 Å². The molecular formula is C23H28ClN3O7. The van der Waals surface area contributed by atoms with Gasteiger partial charge in [0.1, 0.15) is 5.70 Å². The van der Waals surface area contributed by atoms with Gasteiger partial charge in [-0.05, 0) is 37.1 Å². The highest BCUT2D eigenvalue weighted by atomic mass is 35.5. The SMILES string of the molecule is C[C@@H](O)[C@H]1C(=O)N2C(C(=O)O)=C(CN3CC[C@H](C(=O)NCc4ccc(O)c(O)c4Cl)C3)[C@H](C)[C@H]12. The lowest BCUT2D eigenvalue weighted by Crippen LogP contribution is -2.63. The summed E-state index contributed by atoms with van der Waals surface area (Å²) in [6.07, 6.45) is -0.262. The average Bonchev–Trinajstić information content (AvgIpc) is 3.33. The van der Waals surface area contributed by atoms with Crippen molar-refractivity contribution in [2.75, 3.05) is 19.6 Å². The second-order valence-corrected chi connectivity index (χ2v) is 9.66. The van der Waals surface area contributed by atoms with Crippen molar-refractivity contribution in [2.24, 2.45) is 17.8 Å². The lowest BCUT2D eigenvalue weighted by Gasteiger charge is -2.46. The number of carbonyl (C=O) groups is 3. The van der Waals surface area contributed by atoms with Crippen LogP contribution in [0.2, 0.25) is 5.02 Å². The molecule has 2 saturated heterocycles. The van der Waals surface area contributed by atoms with Gasteiger partial charge < -0.3 is 30.6 Å². The monoisotopic (exact) mass is 493 g/mol. The number of amides is 2. The van der Waals surface area contributed by atoms with Crippen molar-refractivity contribution in [1.82, 2.24) is 15.1 Å². The molecule has 3 aliphatic heterocycles. The minimum absolute atomic E-state index is 0.00548. The van der Waals surface area contributed by atoms with Gasteiger partial charge in [0.05, 0.1) is 29.0 Å². The Balaban J connectivity index is 1.39. The lowest BCUT2D eigenvalue weighted by molar-refractivity contribution is -0.163. The van der Waals surface area contributed by atoms with Gasteiger partial charge in [-0.1, -0.05) is 24.6 Å². The van der Waals surface area contributed by atoms with Crippen molar-refractivity contribution in [3.63, 3.8) is 0 Å². The molecule has 3 heterocycles. The number of carboxylic acids is 1. The third-order valence-electron chi connectivity index (χ3n) is 7.18. The number of hydrogen-bond donors (Lipinski definition) is 5. The Bertz CT molecular complexity index is 1070. The number of phenolic OH excluding ortho intramolecular Hbond substituents is 2. The smallest absolute Gasteiger partial charge is 0.352 e. The molecule has 4 rings (SSSR count). The second-order valence-electron chi connectivity index (χ2n) is 9.28. The van der Waals surface area contributed by atoms with E-state index < -0.39 is 23.7 Å². The van der Waals surface area contributed by atoms with Crippen LogP contribution in [0, 0.1) is 17.8 Å². The van der Waals surface area contributed by atoms with E-state index in [-0.39, 0.29) is 52.7 Å². The maximum Gasteiger partial charge on any atom is 0.352 e. The van der Waals surface area contributed by atoms with Crippen LogP contribution in [0.5, 0.6) is 11.5 Å². The predicted molar refractivity (Wildman–Crippen MR) is 121 cm³/mol. The minimum atomic E-state index is -1.16. The number of nitrogens with zero attached hydrogens (tertiary/aromatic N) is 2. The Labute approximate surface area is 201 Å².